The molecule has 2 N–H and O–H groups in total. The third-order valence-electron chi connectivity index (χ3n) is 5.24. The van der Waals surface area contributed by atoms with E-state index in [0.717, 1.165) is 38.8 Å². The largest absolute Gasteiger partial charge is 0.444 e. The van der Waals surface area contributed by atoms with Crippen molar-refractivity contribution < 1.29 is 29.3 Å². The summed E-state index contributed by atoms with van der Waals surface area (Å²) >= 11 is 0. The molecule has 0 aromatic carbocycles. The molecule has 0 unspecified atom stereocenters. The summed E-state index contributed by atoms with van der Waals surface area (Å²) in [5.74, 6) is 6.44. The lowest BCUT2D eigenvalue weighted by molar-refractivity contribution is 0.0188. The number of aliphatic hydroxyl groups is 2. The van der Waals surface area contributed by atoms with Crippen molar-refractivity contribution in [2.45, 2.75) is 85.9 Å². The molecule has 35 heavy (non-hydrogen) atoms. The minimum atomic E-state index is -0.440. The second kappa shape index (κ2) is 15.7. The molecule has 2 heterocycles. The van der Waals surface area contributed by atoms with Crippen LogP contribution in [0.3, 0.4) is 0 Å². The highest BCUT2D eigenvalue weighted by Gasteiger charge is 2.27. The summed E-state index contributed by atoms with van der Waals surface area (Å²) in [5.41, 5.74) is -0.866. The van der Waals surface area contributed by atoms with Gasteiger partial charge in [-0.05, 0) is 73.1 Å². The van der Waals surface area contributed by atoms with Crippen molar-refractivity contribution in [2.75, 3.05) is 39.4 Å². The maximum atomic E-state index is 11.8. The minimum Gasteiger partial charge on any atom is -0.444 e. The molecule has 0 spiro atoms. The van der Waals surface area contributed by atoms with E-state index in [9.17, 15) is 9.59 Å². The third kappa shape index (κ3) is 14.7. The molecule has 2 saturated heterocycles. The van der Waals surface area contributed by atoms with E-state index in [1.54, 1.807) is 15.9 Å². The van der Waals surface area contributed by atoms with E-state index in [4.69, 9.17) is 19.7 Å². The van der Waals surface area contributed by atoms with E-state index in [-0.39, 0.29) is 32.8 Å². The SMILES string of the molecule is C.CC(C)(C)OC(=O)N1CCC(/C=C\CO)CC1.CC(C)(C)OC(=O)N1CCC(C#CCO)CC1. The van der Waals surface area contributed by atoms with Crippen LogP contribution in [0.5, 0.6) is 0 Å². The first kappa shape index (κ1) is 32.8. The van der Waals surface area contributed by atoms with E-state index in [0.29, 0.717) is 24.9 Å². The molecule has 202 valence electrons. The highest BCUT2D eigenvalue weighted by Crippen LogP contribution is 2.21. The van der Waals surface area contributed by atoms with Gasteiger partial charge in [-0.1, -0.05) is 31.4 Å². The number of piperidine rings is 2. The number of rotatable bonds is 2. The maximum Gasteiger partial charge on any atom is 0.410 e. The van der Waals surface area contributed by atoms with Crippen molar-refractivity contribution in [1.29, 1.82) is 0 Å². The number of hydrogen-bond acceptors (Lipinski definition) is 6. The van der Waals surface area contributed by atoms with Crippen LogP contribution in [-0.2, 0) is 9.47 Å². The highest BCUT2D eigenvalue weighted by atomic mass is 16.6. The molecule has 8 heteroatoms. The Bertz CT molecular complexity index is 711. The summed E-state index contributed by atoms with van der Waals surface area (Å²) < 4.78 is 10.6. The van der Waals surface area contributed by atoms with E-state index in [2.05, 4.69) is 11.8 Å². The average molecular weight is 497 g/mol. The number of nitrogens with zero attached hydrogens (tertiary/aromatic N) is 2. The van der Waals surface area contributed by atoms with Crippen molar-refractivity contribution >= 4 is 12.2 Å². The number of carbonyl (C=O) groups excluding carboxylic acids is 2. The van der Waals surface area contributed by atoms with Crippen LogP contribution < -0.4 is 0 Å². The minimum absolute atomic E-state index is 0. The average Bonchev–Trinajstić information content (AvgIpc) is 2.75. The Morgan fingerprint density at radius 2 is 1.29 bits per heavy atom. The molecular formula is C27H48N2O6. The van der Waals surface area contributed by atoms with Crippen LogP contribution in [0, 0.1) is 23.7 Å². The fraction of sp³-hybridized carbons (Fsp3) is 0.778. The molecule has 8 nitrogen and oxygen atoms in total. The number of hydrogen-bond donors (Lipinski definition) is 2. The second-order valence-corrected chi connectivity index (χ2v) is 10.6. The molecule has 2 fully saturated rings. The van der Waals surface area contributed by atoms with Crippen LogP contribution >= 0.6 is 0 Å². The summed E-state index contributed by atoms with van der Waals surface area (Å²) in [6.45, 7) is 14.0. The zero-order valence-electron chi connectivity index (χ0n) is 21.8. The third-order valence-corrected chi connectivity index (χ3v) is 5.24. The van der Waals surface area contributed by atoms with Gasteiger partial charge >= 0.3 is 12.2 Å². The normalized spacial score (nSPS) is 17.5. The van der Waals surface area contributed by atoms with Crippen molar-refractivity contribution in [1.82, 2.24) is 9.80 Å². The molecule has 2 rings (SSSR count). The predicted molar refractivity (Wildman–Crippen MR) is 139 cm³/mol. The van der Waals surface area contributed by atoms with Gasteiger partial charge in [-0.15, -0.1) is 0 Å². The first-order chi connectivity index (χ1) is 15.8. The lowest BCUT2D eigenvalue weighted by Gasteiger charge is -2.32. The number of amides is 2. The lowest BCUT2D eigenvalue weighted by Crippen LogP contribution is -2.41. The summed E-state index contributed by atoms with van der Waals surface area (Å²) in [6, 6.07) is 0. The molecule has 2 aliphatic rings. The van der Waals surface area contributed by atoms with Gasteiger partial charge in [0, 0.05) is 32.1 Å². The van der Waals surface area contributed by atoms with Gasteiger partial charge in [0.05, 0.1) is 6.61 Å². The molecule has 2 amide bonds. The number of carbonyl (C=O) groups is 2. The fourth-order valence-electron chi connectivity index (χ4n) is 3.58. The molecular weight excluding hydrogens is 448 g/mol. The zero-order valence-corrected chi connectivity index (χ0v) is 21.8. The Kier molecular flexibility index (Phi) is 14.7. The number of likely N-dealkylation sites (tertiary alicyclic amines) is 2. The van der Waals surface area contributed by atoms with Gasteiger partial charge in [-0.3, -0.25) is 0 Å². The van der Waals surface area contributed by atoms with Crippen molar-refractivity contribution in [3.05, 3.63) is 12.2 Å². The summed E-state index contributed by atoms with van der Waals surface area (Å²) in [7, 11) is 0. The fourth-order valence-corrected chi connectivity index (χ4v) is 3.58. The second-order valence-electron chi connectivity index (χ2n) is 10.6. The Labute approximate surface area is 212 Å². The van der Waals surface area contributed by atoms with Gasteiger partial charge in [-0.25, -0.2) is 9.59 Å². The Morgan fingerprint density at radius 3 is 1.66 bits per heavy atom. The van der Waals surface area contributed by atoms with Gasteiger partial charge < -0.3 is 29.5 Å². The molecule has 0 atom stereocenters. The molecule has 0 aliphatic carbocycles. The summed E-state index contributed by atoms with van der Waals surface area (Å²) in [5, 5.41) is 17.3. The predicted octanol–water partition coefficient (Wildman–Crippen LogP) is 4.45. The molecule has 0 aromatic heterocycles. The molecule has 0 bridgehead atoms. The maximum absolute atomic E-state index is 11.8. The highest BCUT2D eigenvalue weighted by molar-refractivity contribution is 5.68. The van der Waals surface area contributed by atoms with Crippen LogP contribution in [0.4, 0.5) is 9.59 Å². The number of aliphatic hydroxyl groups excluding tert-OH is 2. The van der Waals surface area contributed by atoms with Gasteiger partial charge in [0.1, 0.15) is 17.8 Å². The van der Waals surface area contributed by atoms with Crippen LogP contribution in [-0.4, -0.2) is 82.8 Å². The van der Waals surface area contributed by atoms with Crippen LogP contribution in [0.15, 0.2) is 12.2 Å². The van der Waals surface area contributed by atoms with E-state index >= 15 is 0 Å². The molecule has 2 aliphatic heterocycles. The van der Waals surface area contributed by atoms with E-state index in [1.165, 1.54) is 0 Å². The Hall–Kier alpha value is -2.24. The van der Waals surface area contributed by atoms with Crippen molar-refractivity contribution in [3.63, 3.8) is 0 Å². The van der Waals surface area contributed by atoms with Crippen LogP contribution in [0.2, 0.25) is 0 Å². The Morgan fingerprint density at radius 1 is 0.857 bits per heavy atom. The number of ether oxygens (including phenoxy) is 2. The van der Waals surface area contributed by atoms with Crippen molar-refractivity contribution in [3.8, 4) is 11.8 Å². The van der Waals surface area contributed by atoms with Crippen LogP contribution in [0.25, 0.3) is 0 Å². The van der Waals surface area contributed by atoms with E-state index in [1.807, 2.05) is 47.6 Å². The summed E-state index contributed by atoms with van der Waals surface area (Å²) in [6.07, 6.45) is 6.93. The number of allylic oxidation sites excluding steroid dienone is 1. The van der Waals surface area contributed by atoms with Gasteiger partial charge in [-0.2, -0.15) is 0 Å². The van der Waals surface area contributed by atoms with Crippen LogP contribution in [0.1, 0.15) is 74.7 Å². The topological polar surface area (TPSA) is 99.5 Å². The smallest absolute Gasteiger partial charge is 0.410 e. The summed E-state index contributed by atoms with van der Waals surface area (Å²) in [4.78, 5) is 27.0. The molecule has 0 radical (unpaired) electrons. The monoisotopic (exact) mass is 496 g/mol. The van der Waals surface area contributed by atoms with E-state index < -0.39 is 11.2 Å². The Balaban J connectivity index is 0.000000642. The zero-order chi connectivity index (χ0) is 25.8. The van der Waals surface area contributed by atoms with Gasteiger partial charge in [0.15, 0.2) is 0 Å². The lowest BCUT2D eigenvalue weighted by atomic mass is 9.97. The molecule has 0 saturated carbocycles. The first-order valence-electron chi connectivity index (χ1n) is 12.2. The van der Waals surface area contributed by atoms with Gasteiger partial charge in [0.2, 0.25) is 0 Å². The molecule has 0 aromatic rings. The van der Waals surface area contributed by atoms with Gasteiger partial charge in [0.25, 0.3) is 0 Å². The quantitative estimate of drug-likeness (QED) is 0.433. The van der Waals surface area contributed by atoms with Crippen molar-refractivity contribution in [2.24, 2.45) is 11.8 Å². The first-order valence-corrected chi connectivity index (χ1v) is 12.2. The standard InChI is InChI=1S/C13H23NO3.C13H21NO3.CH4/c2*1-13(2,3)17-12(16)14-8-6-11(7-9-14)5-4-10-15;/h4-5,11,15H,6-10H2,1-3H3;11,15H,6-10H2,1-3H3;1H4/b5-4-;;.